The second-order valence-electron chi connectivity index (χ2n) is 4.89. The van der Waals surface area contributed by atoms with E-state index < -0.39 is 0 Å². The van der Waals surface area contributed by atoms with Crippen LogP contribution in [-0.2, 0) is 17.8 Å². The van der Waals surface area contributed by atoms with Crippen LogP contribution in [0.5, 0.6) is 0 Å². The first kappa shape index (κ1) is 14.7. The lowest BCUT2D eigenvalue weighted by atomic mass is 10.1. The smallest absolute Gasteiger partial charge is 0.231 e. The number of hydrogen-bond acceptors (Lipinski definition) is 4. The molecule has 0 saturated carbocycles. The van der Waals surface area contributed by atoms with Crippen LogP contribution in [0, 0.1) is 20.8 Å². The van der Waals surface area contributed by atoms with Crippen LogP contribution < -0.4 is 5.32 Å². The van der Waals surface area contributed by atoms with Gasteiger partial charge in [0.2, 0.25) is 5.91 Å². The van der Waals surface area contributed by atoms with Crippen LogP contribution in [0.25, 0.3) is 0 Å². The Morgan fingerprint density at radius 2 is 1.95 bits per heavy atom. The number of benzene rings is 1. The highest BCUT2D eigenvalue weighted by Gasteiger charge is 2.11. The van der Waals surface area contributed by atoms with Crippen molar-refractivity contribution in [3.8, 4) is 0 Å². The van der Waals surface area contributed by atoms with Crippen LogP contribution >= 0.6 is 11.3 Å². The monoisotopic (exact) mass is 290 g/mol. The van der Waals surface area contributed by atoms with E-state index in [0.29, 0.717) is 10.7 Å². The fraction of sp³-hybridized carbons (Fsp3) is 0.333. The van der Waals surface area contributed by atoms with Gasteiger partial charge >= 0.3 is 0 Å². The third-order valence-electron chi connectivity index (χ3n) is 3.01. The number of anilines is 1. The standard InChI is InChI=1S/C15H18N2O2S/c1-9-4-10(2)15(11(3)5-9)17-13(19)6-14-16-12(7-18)8-20-14/h4-5,8,18H,6-7H2,1-3H3,(H,17,19). The van der Waals surface area contributed by atoms with Gasteiger partial charge in [0.1, 0.15) is 5.01 Å². The molecule has 2 rings (SSSR count). The van der Waals surface area contributed by atoms with Crippen LogP contribution in [0.4, 0.5) is 5.69 Å². The predicted molar refractivity (Wildman–Crippen MR) is 81.0 cm³/mol. The maximum absolute atomic E-state index is 12.1. The Kier molecular flexibility index (Phi) is 4.52. The molecule has 0 aliphatic carbocycles. The second kappa shape index (κ2) is 6.15. The van der Waals surface area contributed by atoms with Crippen molar-refractivity contribution in [2.24, 2.45) is 0 Å². The van der Waals surface area contributed by atoms with Gasteiger partial charge in [0.15, 0.2) is 0 Å². The average Bonchev–Trinajstić information content (AvgIpc) is 2.81. The Morgan fingerprint density at radius 3 is 2.50 bits per heavy atom. The average molecular weight is 290 g/mol. The number of nitrogens with zero attached hydrogens (tertiary/aromatic N) is 1. The Hall–Kier alpha value is -1.72. The first-order chi connectivity index (χ1) is 9.49. The summed E-state index contributed by atoms with van der Waals surface area (Å²) in [6.45, 7) is 5.93. The van der Waals surface area contributed by atoms with Gasteiger partial charge in [0.25, 0.3) is 0 Å². The van der Waals surface area contributed by atoms with Gasteiger partial charge in [-0.05, 0) is 31.9 Å². The number of carbonyl (C=O) groups excluding carboxylic acids is 1. The van der Waals surface area contributed by atoms with Gasteiger partial charge in [0.05, 0.1) is 18.7 Å². The number of rotatable bonds is 4. The van der Waals surface area contributed by atoms with E-state index in [2.05, 4.69) is 22.4 Å². The van der Waals surface area contributed by atoms with Crippen molar-refractivity contribution in [2.45, 2.75) is 33.8 Å². The highest BCUT2D eigenvalue weighted by molar-refractivity contribution is 7.09. The molecule has 0 fully saturated rings. The fourth-order valence-electron chi connectivity index (χ4n) is 2.20. The van der Waals surface area contributed by atoms with Crippen LogP contribution in [-0.4, -0.2) is 16.0 Å². The van der Waals surface area contributed by atoms with E-state index in [9.17, 15) is 4.79 Å². The van der Waals surface area contributed by atoms with Crippen LogP contribution in [0.3, 0.4) is 0 Å². The zero-order chi connectivity index (χ0) is 14.7. The summed E-state index contributed by atoms with van der Waals surface area (Å²) in [5.41, 5.74) is 4.79. The Bertz CT molecular complexity index is 612. The minimum atomic E-state index is -0.0890. The van der Waals surface area contributed by atoms with Crippen molar-refractivity contribution in [1.82, 2.24) is 4.98 Å². The van der Waals surface area contributed by atoms with E-state index in [1.54, 1.807) is 5.38 Å². The third kappa shape index (κ3) is 3.43. The molecule has 20 heavy (non-hydrogen) atoms. The zero-order valence-electron chi connectivity index (χ0n) is 11.9. The Morgan fingerprint density at radius 1 is 1.30 bits per heavy atom. The number of nitrogens with one attached hydrogen (secondary N) is 1. The molecule has 106 valence electrons. The number of carbonyl (C=O) groups is 1. The number of thiazole rings is 1. The molecule has 0 aliphatic heterocycles. The molecule has 1 aromatic heterocycles. The van der Waals surface area contributed by atoms with Gasteiger partial charge in [-0.3, -0.25) is 4.79 Å². The molecular formula is C15H18N2O2S. The van der Waals surface area contributed by atoms with Crippen LogP contribution in [0.1, 0.15) is 27.4 Å². The fourth-order valence-corrected chi connectivity index (χ4v) is 2.98. The summed E-state index contributed by atoms with van der Waals surface area (Å²) in [6, 6.07) is 4.10. The van der Waals surface area contributed by atoms with Gasteiger partial charge < -0.3 is 10.4 Å². The lowest BCUT2D eigenvalue weighted by molar-refractivity contribution is -0.115. The molecule has 0 aliphatic rings. The minimum absolute atomic E-state index is 0.0844. The van der Waals surface area contributed by atoms with Gasteiger partial charge in [-0.15, -0.1) is 11.3 Å². The van der Waals surface area contributed by atoms with Crippen molar-refractivity contribution in [2.75, 3.05) is 5.32 Å². The molecule has 0 radical (unpaired) electrons. The largest absolute Gasteiger partial charge is 0.390 e. The second-order valence-corrected chi connectivity index (χ2v) is 5.83. The SMILES string of the molecule is Cc1cc(C)c(NC(=O)Cc2nc(CO)cs2)c(C)c1. The van der Waals surface area contributed by atoms with E-state index in [-0.39, 0.29) is 18.9 Å². The lowest BCUT2D eigenvalue weighted by Gasteiger charge is -2.12. The summed E-state index contributed by atoms with van der Waals surface area (Å²) >= 11 is 1.39. The van der Waals surface area contributed by atoms with Crippen molar-refractivity contribution in [3.05, 3.63) is 44.9 Å². The molecule has 1 amide bonds. The molecule has 0 spiro atoms. The van der Waals surface area contributed by atoms with Crippen LogP contribution in [0.15, 0.2) is 17.5 Å². The van der Waals surface area contributed by atoms with Gasteiger partial charge in [0, 0.05) is 11.1 Å². The molecule has 0 atom stereocenters. The molecule has 1 aromatic carbocycles. The van der Waals surface area contributed by atoms with E-state index in [4.69, 9.17) is 5.11 Å². The summed E-state index contributed by atoms with van der Waals surface area (Å²) < 4.78 is 0. The van der Waals surface area contributed by atoms with Gasteiger partial charge in [-0.1, -0.05) is 17.7 Å². The maximum Gasteiger partial charge on any atom is 0.231 e. The van der Waals surface area contributed by atoms with E-state index in [1.807, 2.05) is 20.8 Å². The summed E-state index contributed by atoms with van der Waals surface area (Å²) in [5, 5.41) is 14.4. The Labute approximate surface area is 122 Å². The maximum atomic E-state index is 12.1. The molecule has 5 heteroatoms. The van der Waals surface area contributed by atoms with Crippen molar-refractivity contribution < 1.29 is 9.90 Å². The minimum Gasteiger partial charge on any atom is -0.390 e. The van der Waals surface area contributed by atoms with Crippen LogP contribution in [0.2, 0.25) is 0 Å². The number of hydrogen-bond donors (Lipinski definition) is 2. The molecule has 4 nitrogen and oxygen atoms in total. The predicted octanol–water partition coefficient (Wildman–Crippen LogP) is 2.74. The molecule has 2 N–H and O–H groups in total. The number of amides is 1. The molecule has 0 bridgehead atoms. The van der Waals surface area contributed by atoms with E-state index >= 15 is 0 Å². The molecule has 1 heterocycles. The quantitative estimate of drug-likeness (QED) is 0.910. The van der Waals surface area contributed by atoms with E-state index in [1.165, 1.54) is 16.9 Å². The molecule has 2 aromatic rings. The molecule has 0 saturated heterocycles. The zero-order valence-corrected chi connectivity index (χ0v) is 12.7. The third-order valence-corrected chi connectivity index (χ3v) is 3.91. The number of aliphatic hydroxyl groups is 1. The van der Waals surface area contributed by atoms with Gasteiger partial charge in [-0.25, -0.2) is 4.98 Å². The number of aliphatic hydroxyl groups excluding tert-OH is 1. The first-order valence-corrected chi connectivity index (χ1v) is 7.29. The summed E-state index contributed by atoms with van der Waals surface area (Å²) in [5.74, 6) is -0.0844. The molecule has 0 unspecified atom stereocenters. The number of aromatic nitrogens is 1. The van der Waals surface area contributed by atoms with Crippen molar-refractivity contribution in [1.29, 1.82) is 0 Å². The summed E-state index contributed by atoms with van der Waals surface area (Å²) in [4.78, 5) is 16.2. The summed E-state index contributed by atoms with van der Waals surface area (Å²) in [6.07, 6.45) is 0.234. The van der Waals surface area contributed by atoms with Gasteiger partial charge in [-0.2, -0.15) is 0 Å². The first-order valence-electron chi connectivity index (χ1n) is 6.41. The van der Waals surface area contributed by atoms with E-state index in [0.717, 1.165) is 16.8 Å². The number of aryl methyl sites for hydroxylation is 3. The van der Waals surface area contributed by atoms with Crippen molar-refractivity contribution in [3.63, 3.8) is 0 Å². The normalized spacial score (nSPS) is 10.6. The topological polar surface area (TPSA) is 62.2 Å². The highest BCUT2D eigenvalue weighted by Crippen LogP contribution is 2.22. The Balaban J connectivity index is 2.08. The highest BCUT2D eigenvalue weighted by atomic mass is 32.1. The summed E-state index contributed by atoms with van der Waals surface area (Å²) in [7, 11) is 0. The lowest BCUT2D eigenvalue weighted by Crippen LogP contribution is -2.16. The molecular weight excluding hydrogens is 272 g/mol. The van der Waals surface area contributed by atoms with Crippen molar-refractivity contribution >= 4 is 22.9 Å².